The first-order valence-electron chi connectivity index (χ1n) is 4.78. The van der Waals surface area contributed by atoms with Crippen LogP contribution in [0.25, 0.3) is 21.8 Å². The Labute approximate surface area is 86.2 Å². The molecule has 1 heterocycles. The van der Waals surface area contributed by atoms with Crippen LogP contribution in [0.2, 0.25) is 0 Å². The van der Waals surface area contributed by atoms with Crippen LogP contribution in [-0.4, -0.2) is 4.98 Å². The predicted molar refractivity (Wildman–Crippen MR) is 59.2 cm³/mol. The van der Waals surface area contributed by atoms with Gasteiger partial charge in [0.25, 0.3) is 0 Å². The Balaban J connectivity index is 2.47. The van der Waals surface area contributed by atoms with E-state index in [2.05, 4.69) is 4.98 Å². The summed E-state index contributed by atoms with van der Waals surface area (Å²) in [6, 6.07) is 14.5. The molecule has 0 aliphatic carbocycles. The molecular weight excluding hydrogens is 189 g/mol. The van der Waals surface area contributed by atoms with E-state index < -0.39 is 0 Å². The van der Waals surface area contributed by atoms with Crippen molar-refractivity contribution in [1.29, 1.82) is 0 Å². The van der Waals surface area contributed by atoms with E-state index in [1.807, 2.05) is 30.3 Å². The molecule has 2 aromatic carbocycles. The van der Waals surface area contributed by atoms with E-state index in [0.717, 1.165) is 16.3 Å². The summed E-state index contributed by atoms with van der Waals surface area (Å²) >= 11 is 0. The van der Waals surface area contributed by atoms with Gasteiger partial charge in [0.15, 0.2) is 0 Å². The quantitative estimate of drug-likeness (QED) is 0.502. The molecule has 0 saturated carbocycles. The van der Waals surface area contributed by atoms with Crippen molar-refractivity contribution in [3.8, 4) is 0 Å². The minimum absolute atomic E-state index is 0.245. The van der Waals surface area contributed by atoms with Gasteiger partial charge in [0.1, 0.15) is 5.82 Å². The normalized spacial score (nSPS) is 11.0. The van der Waals surface area contributed by atoms with Crippen LogP contribution < -0.4 is 0 Å². The van der Waals surface area contributed by atoms with Gasteiger partial charge in [-0.25, -0.2) is 9.37 Å². The van der Waals surface area contributed by atoms with E-state index in [-0.39, 0.29) is 5.82 Å². The van der Waals surface area contributed by atoms with Gasteiger partial charge in [0, 0.05) is 16.8 Å². The number of hydrogen-bond donors (Lipinski definition) is 0. The molecular formula is C13H8FN. The summed E-state index contributed by atoms with van der Waals surface area (Å²) in [5, 5.41) is 2.05. The van der Waals surface area contributed by atoms with Crippen molar-refractivity contribution in [2.75, 3.05) is 0 Å². The highest BCUT2D eigenvalue weighted by molar-refractivity contribution is 5.92. The summed E-state index contributed by atoms with van der Waals surface area (Å²) in [4.78, 5) is 4.40. The van der Waals surface area contributed by atoms with E-state index in [1.54, 1.807) is 6.07 Å². The molecule has 2 heteroatoms. The van der Waals surface area contributed by atoms with Crippen LogP contribution in [0.5, 0.6) is 0 Å². The molecule has 1 nitrogen and oxygen atoms in total. The SMILES string of the molecule is Fc1ccc2cc3ccccc3nc2c1. The number of aromatic nitrogens is 1. The van der Waals surface area contributed by atoms with Crippen LogP contribution in [0.3, 0.4) is 0 Å². The molecule has 72 valence electrons. The first-order chi connectivity index (χ1) is 7.33. The second-order valence-corrected chi connectivity index (χ2v) is 3.52. The van der Waals surface area contributed by atoms with Gasteiger partial charge in [0.05, 0.1) is 11.0 Å². The van der Waals surface area contributed by atoms with E-state index in [4.69, 9.17) is 0 Å². The lowest BCUT2D eigenvalue weighted by atomic mass is 10.1. The summed E-state index contributed by atoms with van der Waals surface area (Å²) < 4.78 is 13.0. The molecule has 0 amide bonds. The molecule has 0 bridgehead atoms. The Morgan fingerprint density at radius 3 is 2.53 bits per heavy atom. The average Bonchev–Trinajstić information content (AvgIpc) is 2.26. The summed E-state index contributed by atoms with van der Waals surface area (Å²) in [5.74, 6) is -0.245. The van der Waals surface area contributed by atoms with Crippen LogP contribution in [0, 0.1) is 5.82 Å². The monoisotopic (exact) mass is 197 g/mol. The third-order valence-electron chi connectivity index (χ3n) is 2.48. The van der Waals surface area contributed by atoms with Crippen molar-refractivity contribution in [3.05, 3.63) is 54.3 Å². The van der Waals surface area contributed by atoms with Crippen LogP contribution in [-0.2, 0) is 0 Å². The van der Waals surface area contributed by atoms with Gasteiger partial charge in [-0.2, -0.15) is 0 Å². The van der Waals surface area contributed by atoms with Gasteiger partial charge in [-0.1, -0.05) is 18.2 Å². The molecule has 0 unspecified atom stereocenters. The summed E-state index contributed by atoms with van der Waals surface area (Å²) in [7, 11) is 0. The first-order valence-corrected chi connectivity index (χ1v) is 4.78. The van der Waals surface area contributed by atoms with Gasteiger partial charge in [0.2, 0.25) is 0 Å². The minimum Gasteiger partial charge on any atom is -0.248 e. The standard InChI is InChI=1S/C13H8FN/c14-11-6-5-10-7-9-3-1-2-4-12(9)15-13(10)8-11/h1-8H. The molecule has 0 spiro atoms. The smallest absolute Gasteiger partial charge is 0.125 e. The highest BCUT2D eigenvalue weighted by atomic mass is 19.1. The fourth-order valence-corrected chi connectivity index (χ4v) is 1.74. The van der Waals surface area contributed by atoms with Crippen LogP contribution in [0.4, 0.5) is 4.39 Å². The van der Waals surface area contributed by atoms with Gasteiger partial charge in [-0.3, -0.25) is 0 Å². The van der Waals surface area contributed by atoms with Gasteiger partial charge in [-0.15, -0.1) is 0 Å². The number of pyridine rings is 1. The minimum atomic E-state index is -0.245. The van der Waals surface area contributed by atoms with E-state index in [1.165, 1.54) is 12.1 Å². The van der Waals surface area contributed by atoms with Gasteiger partial charge >= 0.3 is 0 Å². The third kappa shape index (κ3) is 1.34. The summed E-state index contributed by atoms with van der Waals surface area (Å²) in [5.41, 5.74) is 1.60. The van der Waals surface area contributed by atoms with Gasteiger partial charge in [-0.05, 0) is 24.3 Å². The van der Waals surface area contributed by atoms with Crippen LogP contribution in [0.1, 0.15) is 0 Å². The maximum absolute atomic E-state index is 13.0. The molecule has 0 saturated heterocycles. The zero-order valence-electron chi connectivity index (χ0n) is 7.94. The maximum Gasteiger partial charge on any atom is 0.125 e. The number of benzene rings is 2. The van der Waals surface area contributed by atoms with Crippen molar-refractivity contribution >= 4 is 21.8 Å². The lowest BCUT2D eigenvalue weighted by molar-refractivity contribution is 0.629. The largest absolute Gasteiger partial charge is 0.248 e. The Bertz CT molecular complexity index is 646. The molecule has 0 radical (unpaired) electrons. The number of rotatable bonds is 0. The first kappa shape index (κ1) is 8.36. The van der Waals surface area contributed by atoms with E-state index >= 15 is 0 Å². The second kappa shape index (κ2) is 3.02. The van der Waals surface area contributed by atoms with Crippen molar-refractivity contribution in [2.45, 2.75) is 0 Å². The Morgan fingerprint density at radius 2 is 1.60 bits per heavy atom. The third-order valence-corrected chi connectivity index (χ3v) is 2.48. The zero-order valence-corrected chi connectivity index (χ0v) is 7.94. The molecule has 1 aromatic heterocycles. The molecule has 15 heavy (non-hydrogen) atoms. The number of fused-ring (bicyclic) bond motifs is 2. The fourth-order valence-electron chi connectivity index (χ4n) is 1.74. The van der Waals surface area contributed by atoms with Crippen LogP contribution in [0.15, 0.2) is 48.5 Å². The molecule has 0 fully saturated rings. The lowest BCUT2D eigenvalue weighted by Gasteiger charge is -2.00. The fraction of sp³-hybridized carbons (Fsp3) is 0. The lowest BCUT2D eigenvalue weighted by Crippen LogP contribution is -1.83. The van der Waals surface area contributed by atoms with E-state index in [0.29, 0.717) is 5.52 Å². The molecule has 0 aliphatic heterocycles. The number of hydrogen-bond acceptors (Lipinski definition) is 1. The number of para-hydroxylation sites is 1. The Morgan fingerprint density at radius 1 is 0.800 bits per heavy atom. The van der Waals surface area contributed by atoms with Crippen molar-refractivity contribution < 1.29 is 4.39 Å². The highest BCUT2D eigenvalue weighted by Crippen LogP contribution is 2.19. The van der Waals surface area contributed by atoms with Crippen molar-refractivity contribution in [3.63, 3.8) is 0 Å². The topological polar surface area (TPSA) is 12.9 Å². The molecule has 0 atom stereocenters. The predicted octanol–water partition coefficient (Wildman–Crippen LogP) is 3.53. The van der Waals surface area contributed by atoms with E-state index in [9.17, 15) is 4.39 Å². The maximum atomic E-state index is 13.0. The molecule has 3 aromatic rings. The van der Waals surface area contributed by atoms with Crippen LogP contribution >= 0.6 is 0 Å². The number of nitrogens with zero attached hydrogens (tertiary/aromatic N) is 1. The summed E-state index contributed by atoms with van der Waals surface area (Å²) in [6.07, 6.45) is 0. The summed E-state index contributed by atoms with van der Waals surface area (Å²) in [6.45, 7) is 0. The molecule has 0 N–H and O–H groups in total. The average molecular weight is 197 g/mol. The Hall–Kier alpha value is -1.96. The zero-order chi connectivity index (χ0) is 10.3. The molecule has 0 aliphatic rings. The Kier molecular flexibility index (Phi) is 1.68. The van der Waals surface area contributed by atoms with Gasteiger partial charge < -0.3 is 0 Å². The molecule has 3 rings (SSSR count). The van der Waals surface area contributed by atoms with Crippen molar-refractivity contribution in [1.82, 2.24) is 4.98 Å². The second-order valence-electron chi connectivity index (χ2n) is 3.52. The number of halogens is 1. The highest BCUT2D eigenvalue weighted by Gasteiger charge is 1.99. The van der Waals surface area contributed by atoms with Crippen molar-refractivity contribution in [2.24, 2.45) is 0 Å².